The van der Waals surface area contributed by atoms with Crippen LogP contribution in [0.4, 0.5) is 0 Å². The van der Waals surface area contributed by atoms with Crippen molar-refractivity contribution in [3.63, 3.8) is 0 Å². The van der Waals surface area contributed by atoms with E-state index >= 15 is 0 Å². The van der Waals surface area contributed by atoms with E-state index in [-0.39, 0.29) is 12.0 Å². The molecule has 2 unspecified atom stereocenters. The van der Waals surface area contributed by atoms with Crippen LogP contribution in [0.3, 0.4) is 0 Å². The van der Waals surface area contributed by atoms with Crippen molar-refractivity contribution in [2.75, 3.05) is 13.7 Å². The molecule has 0 aromatic heterocycles. The second-order valence-electron chi connectivity index (χ2n) is 3.62. The smallest absolute Gasteiger partial charge is 0.324 e. The van der Waals surface area contributed by atoms with Gasteiger partial charge in [0.15, 0.2) is 0 Å². The van der Waals surface area contributed by atoms with Crippen molar-refractivity contribution in [2.45, 2.75) is 38.6 Å². The van der Waals surface area contributed by atoms with E-state index in [9.17, 15) is 4.79 Å². The molecule has 0 aromatic carbocycles. The van der Waals surface area contributed by atoms with Crippen LogP contribution in [0, 0.1) is 5.92 Å². The Kier molecular flexibility index (Phi) is 4.22. The van der Waals surface area contributed by atoms with E-state index in [0.29, 0.717) is 5.92 Å². The molecule has 0 amide bonds. The molecule has 2 atom stereocenters. The third kappa shape index (κ3) is 2.99. The molecule has 0 saturated carbocycles. The van der Waals surface area contributed by atoms with Gasteiger partial charge in [0.1, 0.15) is 6.04 Å². The molecular formula is C10H18NO2. The first kappa shape index (κ1) is 10.5. The van der Waals surface area contributed by atoms with Gasteiger partial charge < -0.3 is 4.74 Å². The molecule has 0 N–H and O–H groups in total. The lowest BCUT2D eigenvalue weighted by molar-refractivity contribution is -0.144. The summed E-state index contributed by atoms with van der Waals surface area (Å²) in [7, 11) is 1.43. The quantitative estimate of drug-likeness (QED) is 0.621. The number of carbonyl (C=O) groups is 1. The topological polar surface area (TPSA) is 40.4 Å². The van der Waals surface area contributed by atoms with E-state index in [4.69, 9.17) is 0 Å². The number of hydrogen-bond acceptors (Lipinski definition) is 2. The summed E-state index contributed by atoms with van der Waals surface area (Å²) in [5.41, 5.74) is 0. The van der Waals surface area contributed by atoms with Crippen LogP contribution in [-0.4, -0.2) is 25.7 Å². The summed E-state index contributed by atoms with van der Waals surface area (Å²) < 4.78 is 4.68. The van der Waals surface area contributed by atoms with Gasteiger partial charge in [-0.1, -0.05) is 19.8 Å². The SMILES string of the molecule is CCCC1CC[N]C(C(=O)OC)C1. The van der Waals surface area contributed by atoms with Crippen LogP contribution in [0.1, 0.15) is 32.6 Å². The van der Waals surface area contributed by atoms with E-state index in [1.165, 1.54) is 20.0 Å². The van der Waals surface area contributed by atoms with Crippen LogP contribution in [-0.2, 0) is 9.53 Å². The van der Waals surface area contributed by atoms with Crippen LogP contribution in [0.15, 0.2) is 0 Å². The lowest BCUT2D eigenvalue weighted by Gasteiger charge is -2.26. The number of ether oxygens (including phenoxy) is 1. The maximum absolute atomic E-state index is 11.2. The summed E-state index contributed by atoms with van der Waals surface area (Å²) in [6.45, 7) is 3.00. The average Bonchev–Trinajstić information content (AvgIpc) is 2.18. The first-order valence-corrected chi connectivity index (χ1v) is 5.02. The first-order chi connectivity index (χ1) is 6.27. The maximum atomic E-state index is 11.2. The van der Waals surface area contributed by atoms with Crippen molar-refractivity contribution >= 4 is 5.97 Å². The summed E-state index contributed by atoms with van der Waals surface area (Å²) in [4.78, 5) is 11.2. The molecule has 13 heavy (non-hydrogen) atoms. The highest BCUT2D eigenvalue weighted by Gasteiger charge is 2.27. The Hall–Kier alpha value is -0.570. The maximum Gasteiger partial charge on any atom is 0.324 e. The van der Waals surface area contributed by atoms with Crippen molar-refractivity contribution in [1.29, 1.82) is 0 Å². The summed E-state index contributed by atoms with van der Waals surface area (Å²) >= 11 is 0. The Morgan fingerprint density at radius 1 is 1.62 bits per heavy atom. The van der Waals surface area contributed by atoms with Crippen molar-refractivity contribution < 1.29 is 9.53 Å². The fourth-order valence-corrected chi connectivity index (χ4v) is 1.90. The van der Waals surface area contributed by atoms with Crippen LogP contribution in [0.5, 0.6) is 0 Å². The molecule has 75 valence electrons. The first-order valence-electron chi connectivity index (χ1n) is 5.02. The zero-order chi connectivity index (χ0) is 9.68. The summed E-state index contributed by atoms with van der Waals surface area (Å²) in [5.74, 6) is 0.507. The summed E-state index contributed by atoms with van der Waals surface area (Å²) in [6, 6.07) is -0.185. The standard InChI is InChI=1S/C10H18NO2/c1-3-4-8-5-6-11-9(7-8)10(12)13-2/h8-9H,3-7H2,1-2H3. The zero-order valence-corrected chi connectivity index (χ0v) is 8.45. The van der Waals surface area contributed by atoms with Gasteiger partial charge in [-0.3, -0.25) is 4.79 Å². The molecule has 1 aliphatic heterocycles. The molecule has 3 nitrogen and oxygen atoms in total. The van der Waals surface area contributed by atoms with Crippen molar-refractivity contribution in [1.82, 2.24) is 5.32 Å². The van der Waals surface area contributed by atoms with Crippen LogP contribution in [0.2, 0.25) is 0 Å². The highest BCUT2D eigenvalue weighted by molar-refractivity contribution is 5.75. The summed E-state index contributed by atoms with van der Waals surface area (Å²) in [6.07, 6.45) is 4.43. The number of carbonyl (C=O) groups excluding carboxylic acids is 1. The monoisotopic (exact) mass is 184 g/mol. The van der Waals surface area contributed by atoms with E-state index in [2.05, 4.69) is 17.0 Å². The van der Waals surface area contributed by atoms with E-state index in [0.717, 1.165) is 19.4 Å². The van der Waals surface area contributed by atoms with Crippen LogP contribution in [0.25, 0.3) is 0 Å². The molecular weight excluding hydrogens is 166 g/mol. The molecule has 0 aliphatic carbocycles. The minimum Gasteiger partial charge on any atom is -0.468 e. The summed E-state index contributed by atoms with van der Waals surface area (Å²) in [5, 5.41) is 4.26. The van der Waals surface area contributed by atoms with Gasteiger partial charge >= 0.3 is 5.97 Å². The minimum atomic E-state index is -0.185. The number of rotatable bonds is 3. The number of piperidine rings is 1. The molecule has 3 heteroatoms. The normalized spacial score (nSPS) is 28.5. The van der Waals surface area contributed by atoms with E-state index < -0.39 is 0 Å². The van der Waals surface area contributed by atoms with Crippen LogP contribution >= 0.6 is 0 Å². The predicted octanol–water partition coefficient (Wildman–Crippen LogP) is 1.34. The lowest BCUT2D eigenvalue weighted by atomic mass is 9.89. The second-order valence-corrected chi connectivity index (χ2v) is 3.62. The minimum absolute atomic E-state index is 0.166. The van der Waals surface area contributed by atoms with Crippen molar-refractivity contribution in [3.8, 4) is 0 Å². The number of hydrogen-bond donors (Lipinski definition) is 0. The van der Waals surface area contributed by atoms with Crippen molar-refractivity contribution in [2.24, 2.45) is 5.92 Å². The Morgan fingerprint density at radius 3 is 3.00 bits per heavy atom. The van der Waals surface area contributed by atoms with Gasteiger partial charge in [0, 0.05) is 6.54 Å². The molecule has 1 heterocycles. The van der Waals surface area contributed by atoms with Gasteiger partial charge in [-0.25, -0.2) is 5.32 Å². The van der Waals surface area contributed by atoms with Crippen molar-refractivity contribution in [3.05, 3.63) is 0 Å². The van der Waals surface area contributed by atoms with E-state index in [1.807, 2.05) is 0 Å². The molecule has 0 spiro atoms. The molecule has 0 aromatic rings. The van der Waals surface area contributed by atoms with Gasteiger partial charge in [-0.15, -0.1) is 0 Å². The number of methoxy groups -OCH3 is 1. The van der Waals surface area contributed by atoms with E-state index in [1.54, 1.807) is 0 Å². The molecule has 1 saturated heterocycles. The molecule has 0 bridgehead atoms. The van der Waals surface area contributed by atoms with Gasteiger partial charge in [0.25, 0.3) is 0 Å². The lowest BCUT2D eigenvalue weighted by Crippen LogP contribution is -2.39. The van der Waals surface area contributed by atoms with Gasteiger partial charge in [-0.2, -0.15) is 0 Å². The highest BCUT2D eigenvalue weighted by Crippen LogP contribution is 2.22. The molecule has 1 radical (unpaired) electrons. The molecule has 1 rings (SSSR count). The Morgan fingerprint density at radius 2 is 2.38 bits per heavy atom. The number of esters is 1. The second kappa shape index (κ2) is 5.22. The highest BCUT2D eigenvalue weighted by atomic mass is 16.5. The molecule has 1 aliphatic rings. The average molecular weight is 184 g/mol. The number of nitrogens with zero attached hydrogens (tertiary/aromatic N) is 1. The largest absolute Gasteiger partial charge is 0.468 e. The van der Waals surface area contributed by atoms with Gasteiger partial charge in [0.2, 0.25) is 0 Å². The van der Waals surface area contributed by atoms with Crippen LogP contribution < -0.4 is 5.32 Å². The Balaban J connectivity index is 2.37. The molecule has 1 fully saturated rings. The third-order valence-corrected chi connectivity index (χ3v) is 2.61. The fourth-order valence-electron chi connectivity index (χ4n) is 1.90. The fraction of sp³-hybridized carbons (Fsp3) is 0.900. The zero-order valence-electron chi connectivity index (χ0n) is 8.45. The predicted molar refractivity (Wildman–Crippen MR) is 50.4 cm³/mol. The Labute approximate surface area is 79.8 Å². The Bertz CT molecular complexity index is 168. The third-order valence-electron chi connectivity index (χ3n) is 2.61. The van der Waals surface area contributed by atoms with Gasteiger partial charge in [0.05, 0.1) is 7.11 Å². The van der Waals surface area contributed by atoms with Gasteiger partial charge in [-0.05, 0) is 18.8 Å².